The number of hydrogen-bond donors (Lipinski definition) is 1. The van der Waals surface area contributed by atoms with Crippen LogP contribution in [-0.4, -0.2) is 6.09 Å². The predicted molar refractivity (Wildman–Crippen MR) is 82.7 cm³/mol. The van der Waals surface area contributed by atoms with Crippen LogP contribution in [0.4, 0.5) is 13.6 Å². The van der Waals surface area contributed by atoms with Gasteiger partial charge in [0.25, 0.3) is 0 Å². The molecule has 23 heavy (non-hydrogen) atoms. The Hall–Kier alpha value is -2.43. The summed E-state index contributed by atoms with van der Waals surface area (Å²) in [4.78, 5) is 11.1. The number of amides is 1. The van der Waals surface area contributed by atoms with Crippen LogP contribution >= 0.6 is 0 Å². The Morgan fingerprint density at radius 2 is 1.96 bits per heavy atom. The van der Waals surface area contributed by atoms with Crippen LogP contribution in [0.5, 0.6) is 0 Å². The largest absolute Gasteiger partial charge is 0.441 e. The maximum Gasteiger partial charge on any atom is 0.405 e. The van der Waals surface area contributed by atoms with E-state index in [2.05, 4.69) is 0 Å². The molecule has 2 N–H and O–H groups in total. The van der Waals surface area contributed by atoms with E-state index in [1.807, 2.05) is 26.0 Å². The van der Waals surface area contributed by atoms with E-state index in [0.717, 1.165) is 17.2 Å². The molecule has 2 aromatic rings. The van der Waals surface area contributed by atoms with Crippen LogP contribution in [0, 0.1) is 17.0 Å². The third-order valence-corrected chi connectivity index (χ3v) is 4.26. The Labute approximate surface area is 133 Å². The Morgan fingerprint density at radius 1 is 1.22 bits per heavy atom. The highest BCUT2D eigenvalue weighted by Crippen LogP contribution is 2.48. The Bertz CT molecular complexity index is 787. The molecule has 0 saturated heterocycles. The summed E-state index contributed by atoms with van der Waals surface area (Å²) in [6, 6.07) is 8.94. The van der Waals surface area contributed by atoms with Gasteiger partial charge in [-0.3, -0.25) is 0 Å². The summed E-state index contributed by atoms with van der Waals surface area (Å²) in [5, 5.41) is 0. The number of nitrogens with two attached hydrogens (primary N) is 1. The zero-order valence-electron chi connectivity index (χ0n) is 12.9. The molecule has 0 spiro atoms. The highest BCUT2D eigenvalue weighted by molar-refractivity contribution is 5.68. The van der Waals surface area contributed by atoms with E-state index in [1.54, 1.807) is 6.07 Å². The number of carbonyl (C=O) groups excluding carboxylic acids is 1. The average molecular weight is 317 g/mol. The standard InChI is InChI=1S/C18H17F2NO2/c1-18(2)9-11-7-10(13-6-4-12(19)8-15(13)20)3-5-14(11)16(18)23-17(21)22/h3-8,16H,9H2,1-2H3,(H2,21,22). The van der Waals surface area contributed by atoms with Gasteiger partial charge in [0.1, 0.15) is 17.7 Å². The molecule has 1 aliphatic rings. The number of hydrogen-bond acceptors (Lipinski definition) is 2. The van der Waals surface area contributed by atoms with Gasteiger partial charge in [0.05, 0.1) is 0 Å². The van der Waals surface area contributed by atoms with Crippen molar-refractivity contribution in [3.8, 4) is 11.1 Å². The van der Waals surface area contributed by atoms with Crippen molar-refractivity contribution in [1.82, 2.24) is 0 Å². The van der Waals surface area contributed by atoms with Gasteiger partial charge in [-0.15, -0.1) is 0 Å². The fourth-order valence-corrected chi connectivity index (χ4v) is 3.25. The predicted octanol–water partition coefficient (Wildman–Crippen LogP) is 4.35. The number of benzene rings is 2. The van der Waals surface area contributed by atoms with Crippen LogP contribution in [0.25, 0.3) is 11.1 Å². The number of rotatable bonds is 2. The lowest BCUT2D eigenvalue weighted by Gasteiger charge is -2.26. The second kappa shape index (κ2) is 5.33. The molecule has 0 fully saturated rings. The molecular weight excluding hydrogens is 300 g/mol. The zero-order chi connectivity index (χ0) is 16.8. The molecule has 0 aliphatic heterocycles. The summed E-state index contributed by atoms with van der Waals surface area (Å²) < 4.78 is 32.3. The molecule has 0 radical (unpaired) electrons. The minimum atomic E-state index is -0.815. The molecular formula is C18H17F2NO2. The van der Waals surface area contributed by atoms with Crippen LogP contribution in [0.15, 0.2) is 36.4 Å². The van der Waals surface area contributed by atoms with E-state index in [1.165, 1.54) is 12.1 Å². The molecule has 1 amide bonds. The van der Waals surface area contributed by atoms with Crippen molar-refractivity contribution < 1.29 is 18.3 Å². The van der Waals surface area contributed by atoms with E-state index in [9.17, 15) is 13.6 Å². The molecule has 120 valence electrons. The summed E-state index contributed by atoms with van der Waals surface area (Å²) in [6.07, 6.45) is -0.566. The highest BCUT2D eigenvalue weighted by atomic mass is 19.1. The lowest BCUT2D eigenvalue weighted by atomic mass is 9.87. The van der Waals surface area contributed by atoms with Crippen LogP contribution in [0.2, 0.25) is 0 Å². The fourth-order valence-electron chi connectivity index (χ4n) is 3.25. The van der Waals surface area contributed by atoms with Crippen molar-refractivity contribution in [2.75, 3.05) is 0 Å². The second-order valence-electron chi connectivity index (χ2n) is 6.52. The molecule has 0 bridgehead atoms. The first kappa shape index (κ1) is 15.5. The smallest absolute Gasteiger partial charge is 0.405 e. The van der Waals surface area contributed by atoms with Gasteiger partial charge in [-0.2, -0.15) is 0 Å². The monoisotopic (exact) mass is 317 g/mol. The maximum atomic E-state index is 14.0. The normalized spacial score (nSPS) is 18.5. The third-order valence-electron chi connectivity index (χ3n) is 4.26. The van der Waals surface area contributed by atoms with Gasteiger partial charge in [-0.25, -0.2) is 13.6 Å². The molecule has 2 aromatic carbocycles. The number of halogens is 2. The SMILES string of the molecule is CC1(C)Cc2cc(-c3ccc(F)cc3F)ccc2C1OC(N)=O. The summed E-state index contributed by atoms with van der Waals surface area (Å²) in [5.74, 6) is -1.21. The van der Waals surface area contributed by atoms with Crippen LogP contribution in [0.3, 0.4) is 0 Å². The van der Waals surface area contributed by atoms with E-state index in [4.69, 9.17) is 10.5 Å². The zero-order valence-corrected chi connectivity index (χ0v) is 12.9. The Kier molecular flexibility index (Phi) is 3.59. The number of primary amides is 1. The maximum absolute atomic E-state index is 14.0. The summed E-state index contributed by atoms with van der Waals surface area (Å²) in [5.41, 5.74) is 7.72. The molecule has 1 aliphatic carbocycles. The molecule has 0 saturated carbocycles. The molecule has 1 atom stereocenters. The van der Waals surface area contributed by atoms with Crippen molar-refractivity contribution in [2.45, 2.75) is 26.4 Å². The van der Waals surface area contributed by atoms with E-state index in [-0.39, 0.29) is 5.41 Å². The van der Waals surface area contributed by atoms with Crippen LogP contribution in [0.1, 0.15) is 31.1 Å². The highest BCUT2D eigenvalue weighted by Gasteiger charge is 2.41. The second-order valence-corrected chi connectivity index (χ2v) is 6.52. The lowest BCUT2D eigenvalue weighted by Crippen LogP contribution is -2.25. The van der Waals surface area contributed by atoms with Gasteiger partial charge < -0.3 is 10.5 Å². The van der Waals surface area contributed by atoms with Gasteiger partial charge in [0, 0.05) is 17.0 Å². The number of fused-ring (bicyclic) bond motifs is 1. The van der Waals surface area contributed by atoms with Gasteiger partial charge in [-0.05, 0) is 35.2 Å². The number of ether oxygens (including phenoxy) is 1. The van der Waals surface area contributed by atoms with Crippen molar-refractivity contribution in [2.24, 2.45) is 11.1 Å². The first-order valence-corrected chi connectivity index (χ1v) is 7.32. The summed E-state index contributed by atoms with van der Waals surface area (Å²) >= 11 is 0. The Morgan fingerprint density at radius 3 is 2.61 bits per heavy atom. The summed E-state index contributed by atoms with van der Waals surface area (Å²) in [6.45, 7) is 3.97. The first-order chi connectivity index (χ1) is 10.8. The fraction of sp³-hybridized carbons (Fsp3) is 0.278. The van der Waals surface area contributed by atoms with Gasteiger partial charge in [-0.1, -0.05) is 32.0 Å². The molecule has 3 rings (SSSR count). The molecule has 0 heterocycles. The minimum absolute atomic E-state index is 0.294. The van der Waals surface area contributed by atoms with Crippen molar-refractivity contribution >= 4 is 6.09 Å². The van der Waals surface area contributed by atoms with Gasteiger partial charge in [0.2, 0.25) is 0 Å². The average Bonchev–Trinajstić information content (AvgIpc) is 2.68. The van der Waals surface area contributed by atoms with Gasteiger partial charge in [0.15, 0.2) is 0 Å². The van der Waals surface area contributed by atoms with Crippen molar-refractivity contribution in [3.63, 3.8) is 0 Å². The number of carbonyl (C=O) groups is 1. The molecule has 3 nitrogen and oxygen atoms in total. The van der Waals surface area contributed by atoms with Crippen molar-refractivity contribution in [1.29, 1.82) is 0 Å². The minimum Gasteiger partial charge on any atom is -0.441 e. The van der Waals surface area contributed by atoms with E-state index >= 15 is 0 Å². The third kappa shape index (κ3) is 2.79. The molecule has 0 aromatic heterocycles. The Balaban J connectivity index is 2.03. The molecule has 5 heteroatoms. The first-order valence-electron chi connectivity index (χ1n) is 7.32. The van der Waals surface area contributed by atoms with Crippen molar-refractivity contribution in [3.05, 3.63) is 59.2 Å². The topological polar surface area (TPSA) is 52.3 Å². The van der Waals surface area contributed by atoms with Gasteiger partial charge >= 0.3 is 6.09 Å². The van der Waals surface area contributed by atoms with E-state index in [0.29, 0.717) is 17.5 Å². The quantitative estimate of drug-likeness (QED) is 0.895. The summed E-state index contributed by atoms with van der Waals surface area (Å²) in [7, 11) is 0. The van der Waals surface area contributed by atoms with Crippen LogP contribution < -0.4 is 5.73 Å². The molecule has 1 unspecified atom stereocenters. The van der Waals surface area contributed by atoms with Crippen LogP contribution in [-0.2, 0) is 11.2 Å². The lowest BCUT2D eigenvalue weighted by molar-refractivity contribution is 0.0392. The van der Waals surface area contributed by atoms with E-state index < -0.39 is 23.8 Å².